The van der Waals surface area contributed by atoms with Gasteiger partial charge in [0.2, 0.25) is 6.79 Å². The number of rotatable bonds is 5. The molecule has 4 aromatic rings. The summed E-state index contributed by atoms with van der Waals surface area (Å²) in [5, 5.41) is 4.29. The third-order valence-corrected chi connectivity index (χ3v) is 5.82. The molecule has 3 aromatic carbocycles. The molecule has 31 heavy (non-hydrogen) atoms. The van der Waals surface area contributed by atoms with E-state index in [1.54, 1.807) is 14.2 Å². The van der Waals surface area contributed by atoms with E-state index in [4.69, 9.17) is 18.9 Å². The van der Waals surface area contributed by atoms with Crippen LogP contribution in [0.1, 0.15) is 0 Å². The van der Waals surface area contributed by atoms with Gasteiger partial charge in [-0.05, 0) is 43.7 Å². The summed E-state index contributed by atoms with van der Waals surface area (Å²) in [6.07, 6.45) is 0. The van der Waals surface area contributed by atoms with Crippen LogP contribution in [0.3, 0.4) is 0 Å². The number of aromatic nitrogens is 1. The molecule has 0 spiro atoms. The van der Waals surface area contributed by atoms with Gasteiger partial charge in [-0.2, -0.15) is 0 Å². The lowest BCUT2D eigenvalue weighted by Crippen LogP contribution is -2.27. The van der Waals surface area contributed by atoms with Crippen LogP contribution in [-0.4, -0.2) is 51.1 Å². The van der Waals surface area contributed by atoms with Gasteiger partial charge in [-0.25, -0.2) is 0 Å². The average Bonchev–Trinajstić information content (AvgIpc) is 3.26. The minimum atomic E-state index is -0.0889. The van der Waals surface area contributed by atoms with Crippen molar-refractivity contribution in [3.05, 3.63) is 46.8 Å². The monoisotopic (exact) mass is 420 g/mol. The number of hydrogen-bond acceptors (Lipinski definition) is 6. The van der Waals surface area contributed by atoms with E-state index in [0.717, 1.165) is 33.6 Å². The van der Waals surface area contributed by atoms with Crippen LogP contribution in [0.15, 0.2) is 41.2 Å². The van der Waals surface area contributed by atoms with Gasteiger partial charge in [0.25, 0.3) is 5.56 Å². The van der Waals surface area contributed by atoms with Gasteiger partial charge < -0.3 is 28.4 Å². The number of nitrogens with zero attached hydrogens (tertiary/aromatic N) is 2. The molecule has 1 aliphatic rings. The van der Waals surface area contributed by atoms with Crippen molar-refractivity contribution >= 4 is 32.4 Å². The number of methoxy groups -OCH3 is 2. The van der Waals surface area contributed by atoms with Crippen LogP contribution in [0.4, 0.5) is 0 Å². The molecular weight excluding hydrogens is 396 g/mol. The number of pyridine rings is 1. The summed E-state index contributed by atoms with van der Waals surface area (Å²) >= 11 is 0. The standard InChI is InChI=1S/C24H24N2O5/c1-25(2)9-10-26-22-16(6-5-14-11-19(28-3)20(29-4)12-17(14)22)15-7-8-18-23(31-13-30-18)21(15)24(26)27/h5-8,11-12H,9-10,13H2,1-4H3. The van der Waals surface area contributed by atoms with Crippen molar-refractivity contribution in [2.24, 2.45) is 0 Å². The maximum atomic E-state index is 13.8. The highest BCUT2D eigenvalue weighted by Crippen LogP contribution is 2.42. The minimum absolute atomic E-state index is 0.0889. The minimum Gasteiger partial charge on any atom is -0.493 e. The second kappa shape index (κ2) is 7.35. The van der Waals surface area contributed by atoms with Crippen LogP contribution in [0.25, 0.3) is 32.4 Å². The highest BCUT2D eigenvalue weighted by molar-refractivity contribution is 6.17. The van der Waals surface area contributed by atoms with E-state index in [-0.39, 0.29) is 12.4 Å². The van der Waals surface area contributed by atoms with Crippen molar-refractivity contribution in [1.29, 1.82) is 0 Å². The fraction of sp³-hybridized carbons (Fsp3) is 0.292. The Balaban J connectivity index is 1.96. The molecule has 5 rings (SSSR count). The first-order valence-corrected chi connectivity index (χ1v) is 10.1. The molecule has 0 bridgehead atoms. The van der Waals surface area contributed by atoms with Gasteiger partial charge in [-0.15, -0.1) is 0 Å². The molecule has 1 aliphatic heterocycles. The van der Waals surface area contributed by atoms with Crippen molar-refractivity contribution < 1.29 is 18.9 Å². The second-order valence-electron chi connectivity index (χ2n) is 7.87. The summed E-state index contributed by atoms with van der Waals surface area (Å²) in [5.74, 6) is 2.41. The predicted molar refractivity (Wildman–Crippen MR) is 121 cm³/mol. The first-order chi connectivity index (χ1) is 15.0. The number of ether oxygens (including phenoxy) is 4. The van der Waals surface area contributed by atoms with E-state index in [2.05, 4.69) is 11.0 Å². The fourth-order valence-corrected chi connectivity index (χ4v) is 4.30. The summed E-state index contributed by atoms with van der Waals surface area (Å²) in [5.41, 5.74) is 0.783. The van der Waals surface area contributed by atoms with Gasteiger partial charge >= 0.3 is 0 Å². The first kappa shape index (κ1) is 19.5. The van der Waals surface area contributed by atoms with E-state index in [9.17, 15) is 4.79 Å². The summed E-state index contributed by atoms with van der Waals surface area (Å²) < 4.78 is 24.1. The summed E-state index contributed by atoms with van der Waals surface area (Å²) in [6, 6.07) is 11.8. The molecule has 0 saturated carbocycles. The van der Waals surface area contributed by atoms with Crippen LogP contribution in [-0.2, 0) is 6.54 Å². The molecule has 160 valence electrons. The topological polar surface area (TPSA) is 62.2 Å². The van der Waals surface area contributed by atoms with E-state index >= 15 is 0 Å². The molecule has 7 heteroatoms. The van der Waals surface area contributed by atoms with Gasteiger partial charge in [-0.3, -0.25) is 4.79 Å². The molecule has 7 nitrogen and oxygen atoms in total. The smallest absolute Gasteiger partial charge is 0.262 e. The Morgan fingerprint density at radius 2 is 1.71 bits per heavy atom. The van der Waals surface area contributed by atoms with Crippen LogP contribution in [0.5, 0.6) is 23.0 Å². The highest BCUT2D eigenvalue weighted by Gasteiger charge is 2.23. The third-order valence-electron chi connectivity index (χ3n) is 5.82. The van der Waals surface area contributed by atoms with Crippen molar-refractivity contribution in [2.75, 3.05) is 41.7 Å². The molecule has 1 aromatic heterocycles. The van der Waals surface area contributed by atoms with Crippen molar-refractivity contribution in [1.82, 2.24) is 9.47 Å². The van der Waals surface area contributed by atoms with Gasteiger partial charge in [0.1, 0.15) is 0 Å². The lowest BCUT2D eigenvalue weighted by molar-refractivity contribution is 0.174. The van der Waals surface area contributed by atoms with E-state index in [1.807, 2.05) is 49.0 Å². The molecule has 0 atom stereocenters. The average molecular weight is 420 g/mol. The van der Waals surface area contributed by atoms with Crippen LogP contribution >= 0.6 is 0 Å². The Kier molecular flexibility index (Phi) is 4.63. The number of benzene rings is 3. The Labute approximate surface area is 179 Å². The summed E-state index contributed by atoms with van der Waals surface area (Å²) in [6.45, 7) is 1.38. The zero-order chi connectivity index (χ0) is 21.7. The molecule has 2 heterocycles. The molecular formula is C24H24N2O5. The van der Waals surface area contributed by atoms with E-state index in [0.29, 0.717) is 34.9 Å². The molecule has 0 saturated heterocycles. The Morgan fingerprint density at radius 3 is 2.45 bits per heavy atom. The van der Waals surface area contributed by atoms with Crippen LogP contribution in [0.2, 0.25) is 0 Å². The zero-order valence-electron chi connectivity index (χ0n) is 18.0. The molecule has 0 N–H and O–H groups in total. The lowest BCUT2D eigenvalue weighted by Gasteiger charge is -2.19. The number of fused-ring (bicyclic) bond motifs is 7. The molecule has 0 aliphatic carbocycles. The summed E-state index contributed by atoms with van der Waals surface area (Å²) in [4.78, 5) is 15.9. The van der Waals surface area contributed by atoms with Gasteiger partial charge in [-0.1, -0.05) is 12.1 Å². The maximum Gasteiger partial charge on any atom is 0.262 e. The van der Waals surface area contributed by atoms with E-state index < -0.39 is 0 Å². The van der Waals surface area contributed by atoms with Gasteiger partial charge in [0, 0.05) is 29.2 Å². The van der Waals surface area contributed by atoms with Gasteiger partial charge in [0.05, 0.1) is 25.1 Å². The normalized spacial score (nSPS) is 12.9. The number of likely N-dealkylation sites (N-methyl/N-ethyl adjacent to an activating group) is 1. The van der Waals surface area contributed by atoms with Crippen molar-refractivity contribution in [3.8, 4) is 23.0 Å². The lowest BCUT2D eigenvalue weighted by atomic mass is 9.99. The first-order valence-electron chi connectivity index (χ1n) is 10.1. The molecule has 0 radical (unpaired) electrons. The Morgan fingerprint density at radius 1 is 0.968 bits per heavy atom. The molecule has 0 unspecified atom stereocenters. The van der Waals surface area contributed by atoms with Crippen LogP contribution in [0, 0.1) is 0 Å². The highest BCUT2D eigenvalue weighted by atomic mass is 16.7. The van der Waals surface area contributed by atoms with Crippen molar-refractivity contribution in [2.45, 2.75) is 6.54 Å². The zero-order valence-corrected chi connectivity index (χ0v) is 18.0. The van der Waals surface area contributed by atoms with E-state index in [1.165, 1.54) is 0 Å². The molecule has 0 amide bonds. The SMILES string of the molecule is COc1cc2ccc3c4ccc5c(c4c(=O)n(CCN(C)C)c3c2cc1OC)OCO5. The van der Waals surface area contributed by atoms with Crippen LogP contribution < -0.4 is 24.5 Å². The Bertz CT molecular complexity index is 1390. The Hall–Kier alpha value is -3.45. The largest absolute Gasteiger partial charge is 0.493 e. The fourth-order valence-electron chi connectivity index (χ4n) is 4.30. The van der Waals surface area contributed by atoms with Gasteiger partial charge in [0.15, 0.2) is 23.0 Å². The summed E-state index contributed by atoms with van der Waals surface area (Å²) in [7, 11) is 7.22. The number of hydrogen-bond donors (Lipinski definition) is 0. The molecule has 0 fully saturated rings. The quantitative estimate of drug-likeness (QED) is 0.460. The predicted octanol–water partition coefficient (Wildman–Crippen LogP) is 3.62. The van der Waals surface area contributed by atoms with Crippen molar-refractivity contribution in [3.63, 3.8) is 0 Å². The second-order valence-corrected chi connectivity index (χ2v) is 7.87. The third kappa shape index (κ3) is 2.96. The maximum absolute atomic E-state index is 13.8.